The Labute approximate surface area is 151 Å². The number of fused-ring (bicyclic) bond motifs is 1. The van der Waals surface area contributed by atoms with Crippen LogP contribution in [0.25, 0.3) is 0 Å². The predicted octanol–water partition coefficient (Wildman–Crippen LogP) is 1.94. The maximum atomic E-state index is 10.5. The molecule has 2 aromatic carbocycles. The Morgan fingerprint density at radius 2 is 1.23 bits per heavy atom. The number of aliphatic hydroxyl groups is 2. The molecule has 2 N–H and O–H groups in total. The molecular weight excluding hydrogens is 336 g/mol. The van der Waals surface area contributed by atoms with E-state index in [-0.39, 0.29) is 13.2 Å². The largest absolute Gasteiger partial charge is 0.388 e. The lowest BCUT2D eigenvalue weighted by Crippen LogP contribution is -2.55. The van der Waals surface area contributed by atoms with E-state index < -0.39 is 37.0 Å². The SMILES string of the molecule is O[C@H]1[C@@H]2OC(c3ccccc3)OC[C@@H]2OC(c2ccccc2)OC[C@H]1O. The van der Waals surface area contributed by atoms with Crippen molar-refractivity contribution in [3.8, 4) is 0 Å². The van der Waals surface area contributed by atoms with Crippen molar-refractivity contribution in [2.24, 2.45) is 0 Å². The fraction of sp³-hybridized carbons (Fsp3) is 0.400. The van der Waals surface area contributed by atoms with Crippen LogP contribution < -0.4 is 0 Å². The summed E-state index contributed by atoms with van der Waals surface area (Å²) in [4.78, 5) is 0. The minimum Gasteiger partial charge on any atom is -0.388 e. The molecule has 2 aliphatic rings. The van der Waals surface area contributed by atoms with Gasteiger partial charge in [-0.05, 0) is 0 Å². The second-order valence-electron chi connectivity index (χ2n) is 6.49. The van der Waals surface area contributed by atoms with E-state index in [2.05, 4.69) is 0 Å². The molecule has 6 heteroatoms. The van der Waals surface area contributed by atoms with Gasteiger partial charge in [0.1, 0.15) is 24.4 Å². The molecule has 26 heavy (non-hydrogen) atoms. The molecule has 2 unspecified atom stereocenters. The number of benzene rings is 2. The Morgan fingerprint density at radius 3 is 1.85 bits per heavy atom. The summed E-state index contributed by atoms with van der Waals surface area (Å²) in [5.41, 5.74) is 1.69. The molecule has 0 radical (unpaired) electrons. The summed E-state index contributed by atoms with van der Waals surface area (Å²) in [6.07, 6.45) is -4.77. The molecule has 0 bridgehead atoms. The van der Waals surface area contributed by atoms with E-state index in [4.69, 9.17) is 18.9 Å². The summed E-state index contributed by atoms with van der Waals surface area (Å²) in [5.74, 6) is 0. The van der Waals surface area contributed by atoms with Gasteiger partial charge < -0.3 is 29.2 Å². The van der Waals surface area contributed by atoms with Gasteiger partial charge in [-0.25, -0.2) is 0 Å². The first-order chi connectivity index (χ1) is 12.7. The Hall–Kier alpha value is -1.80. The van der Waals surface area contributed by atoms with E-state index in [1.807, 2.05) is 60.7 Å². The summed E-state index contributed by atoms with van der Waals surface area (Å²) in [7, 11) is 0. The molecule has 0 aliphatic carbocycles. The summed E-state index contributed by atoms with van der Waals surface area (Å²) >= 11 is 0. The zero-order valence-electron chi connectivity index (χ0n) is 14.2. The van der Waals surface area contributed by atoms with E-state index in [1.165, 1.54) is 0 Å². The molecule has 0 saturated carbocycles. The maximum Gasteiger partial charge on any atom is 0.184 e. The van der Waals surface area contributed by atoms with E-state index in [0.717, 1.165) is 11.1 Å². The van der Waals surface area contributed by atoms with Crippen molar-refractivity contribution in [3.63, 3.8) is 0 Å². The van der Waals surface area contributed by atoms with Crippen LogP contribution in [0.5, 0.6) is 0 Å². The lowest BCUT2D eigenvalue weighted by molar-refractivity contribution is -0.332. The normalized spacial score (nSPS) is 35.2. The van der Waals surface area contributed by atoms with Crippen molar-refractivity contribution in [2.45, 2.75) is 37.0 Å². The van der Waals surface area contributed by atoms with Gasteiger partial charge >= 0.3 is 0 Å². The van der Waals surface area contributed by atoms with Crippen LogP contribution in [0.15, 0.2) is 60.7 Å². The van der Waals surface area contributed by atoms with Crippen molar-refractivity contribution in [1.29, 1.82) is 0 Å². The second-order valence-corrected chi connectivity index (χ2v) is 6.49. The fourth-order valence-electron chi connectivity index (χ4n) is 3.24. The van der Waals surface area contributed by atoms with E-state index >= 15 is 0 Å². The van der Waals surface area contributed by atoms with Crippen molar-refractivity contribution >= 4 is 0 Å². The van der Waals surface area contributed by atoms with Gasteiger partial charge in [-0.15, -0.1) is 0 Å². The molecule has 0 spiro atoms. The highest BCUT2D eigenvalue weighted by molar-refractivity contribution is 5.18. The van der Waals surface area contributed by atoms with Crippen LogP contribution in [0, 0.1) is 0 Å². The van der Waals surface area contributed by atoms with Gasteiger partial charge in [0.25, 0.3) is 0 Å². The predicted molar refractivity (Wildman–Crippen MR) is 92.0 cm³/mol. The first kappa shape index (κ1) is 17.6. The molecule has 6 nitrogen and oxygen atoms in total. The van der Waals surface area contributed by atoms with Crippen LogP contribution in [0.1, 0.15) is 23.7 Å². The Kier molecular flexibility index (Phi) is 5.31. The average molecular weight is 358 g/mol. The zero-order valence-corrected chi connectivity index (χ0v) is 14.2. The molecule has 0 amide bonds. The monoisotopic (exact) mass is 358 g/mol. The summed E-state index contributed by atoms with van der Waals surface area (Å²) in [5, 5.41) is 20.8. The van der Waals surface area contributed by atoms with E-state index in [0.29, 0.717) is 0 Å². The van der Waals surface area contributed by atoms with Gasteiger partial charge in [0, 0.05) is 11.1 Å². The van der Waals surface area contributed by atoms with E-state index in [9.17, 15) is 10.2 Å². The molecule has 0 aromatic heterocycles. The topological polar surface area (TPSA) is 77.4 Å². The fourth-order valence-corrected chi connectivity index (χ4v) is 3.24. The lowest BCUT2D eigenvalue weighted by Gasteiger charge is -2.42. The van der Waals surface area contributed by atoms with Crippen molar-refractivity contribution in [1.82, 2.24) is 0 Å². The van der Waals surface area contributed by atoms with Crippen LogP contribution in [0.3, 0.4) is 0 Å². The first-order valence-corrected chi connectivity index (χ1v) is 8.72. The molecule has 2 aliphatic heterocycles. The quantitative estimate of drug-likeness (QED) is 0.854. The third-order valence-electron chi connectivity index (χ3n) is 4.65. The maximum absolute atomic E-state index is 10.5. The van der Waals surface area contributed by atoms with Gasteiger partial charge in [0.05, 0.1) is 13.2 Å². The Morgan fingerprint density at radius 1 is 0.692 bits per heavy atom. The van der Waals surface area contributed by atoms with Crippen LogP contribution in [0.2, 0.25) is 0 Å². The summed E-state index contributed by atoms with van der Waals surface area (Å²) in [6, 6.07) is 19.0. The minimum atomic E-state index is -1.13. The highest BCUT2D eigenvalue weighted by atomic mass is 16.7. The third-order valence-corrected chi connectivity index (χ3v) is 4.65. The minimum absolute atomic E-state index is 0.0514. The number of ether oxygens (including phenoxy) is 4. The lowest BCUT2D eigenvalue weighted by atomic mass is 10.0. The number of hydrogen-bond donors (Lipinski definition) is 2. The average Bonchev–Trinajstić information content (AvgIpc) is 2.71. The Balaban J connectivity index is 1.55. The number of hydrogen-bond acceptors (Lipinski definition) is 6. The summed E-state index contributed by atoms with van der Waals surface area (Å²) in [6.45, 7) is 0.171. The highest BCUT2D eigenvalue weighted by Gasteiger charge is 2.43. The zero-order chi connectivity index (χ0) is 17.9. The van der Waals surface area contributed by atoms with Gasteiger partial charge in [-0.3, -0.25) is 0 Å². The third kappa shape index (κ3) is 3.66. The molecule has 6 atom stereocenters. The van der Waals surface area contributed by atoms with Crippen LogP contribution >= 0.6 is 0 Å². The van der Waals surface area contributed by atoms with Crippen LogP contribution in [-0.2, 0) is 18.9 Å². The molecule has 4 rings (SSSR count). The molecule has 2 fully saturated rings. The van der Waals surface area contributed by atoms with Crippen molar-refractivity contribution in [3.05, 3.63) is 71.8 Å². The molecule has 2 saturated heterocycles. The molecular formula is C20H22O6. The van der Waals surface area contributed by atoms with Crippen molar-refractivity contribution < 1.29 is 29.2 Å². The van der Waals surface area contributed by atoms with E-state index in [1.54, 1.807) is 0 Å². The molecule has 2 heterocycles. The first-order valence-electron chi connectivity index (χ1n) is 8.72. The second kappa shape index (κ2) is 7.84. The van der Waals surface area contributed by atoms with Gasteiger partial charge in [0.15, 0.2) is 12.6 Å². The molecule has 138 valence electrons. The molecule has 2 aromatic rings. The van der Waals surface area contributed by atoms with Gasteiger partial charge in [-0.1, -0.05) is 60.7 Å². The number of aliphatic hydroxyl groups excluding tert-OH is 2. The smallest absolute Gasteiger partial charge is 0.184 e. The van der Waals surface area contributed by atoms with Crippen LogP contribution in [0.4, 0.5) is 0 Å². The standard InChI is InChI=1S/C20H22O6/c21-15-11-23-19(13-7-3-1-4-8-13)25-16-12-24-20(26-18(16)17(15)22)14-9-5-2-6-10-14/h1-10,15-22H,11-12H2/t15-,16+,17-,18-,19?,20?/m1/s1. The van der Waals surface area contributed by atoms with Gasteiger partial charge in [-0.2, -0.15) is 0 Å². The van der Waals surface area contributed by atoms with Gasteiger partial charge in [0.2, 0.25) is 0 Å². The van der Waals surface area contributed by atoms with Crippen LogP contribution in [-0.4, -0.2) is 47.8 Å². The highest BCUT2D eigenvalue weighted by Crippen LogP contribution is 2.34. The Bertz CT molecular complexity index is 694. The number of rotatable bonds is 2. The van der Waals surface area contributed by atoms with Crippen molar-refractivity contribution in [2.75, 3.05) is 13.2 Å². The summed E-state index contributed by atoms with van der Waals surface area (Å²) < 4.78 is 23.5.